The van der Waals surface area contributed by atoms with Gasteiger partial charge in [0.2, 0.25) is 5.82 Å². The lowest BCUT2D eigenvalue weighted by Crippen LogP contribution is -2.43. The Labute approximate surface area is 124 Å². The maximum absolute atomic E-state index is 11.4. The summed E-state index contributed by atoms with van der Waals surface area (Å²) in [6.07, 6.45) is 6.00. The molecule has 2 saturated heterocycles. The molecule has 116 valence electrons. The number of anilines is 1. The third kappa shape index (κ3) is 2.74. The van der Waals surface area contributed by atoms with E-state index in [0.29, 0.717) is 36.1 Å². The van der Waals surface area contributed by atoms with E-state index in [4.69, 9.17) is 0 Å². The number of aryl methyl sites for hydroxylation is 2. The topological polar surface area (TPSA) is 85.0 Å². The minimum Gasteiger partial charge on any atom is -0.362 e. The zero-order valence-electron chi connectivity index (χ0n) is 12.6. The maximum Gasteiger partial charge on any atom is 0.333 e. The number of nitro groups is 1. The summed E-state index contributed by atoms with van der Waals surface area (Å²) < 4.78 is 1.63. The van der Waals surface area contributed by atoms with Crippen LogP contribution in [0.4, 0.5) is 11.5 Å². The number of nitrogens with zero attached hydrogens (tertiary/aromatic N) is 3. The predicted molar refractivity (Wildman–Crippen MR) is 80.4 cm³/mol. The molecule has 0 spiro atoms. The Morgan fingerprint density at radius 3 is 2.67 bits per heavy atom. The average Bonchev–Trinajstić information content (AvgIpc) is 2.91. The van der Waals surface area contributed by atoms with Gasteiger partial charge in [0, 0.05) is 25.2 Å². The molecule has 0 aliphatic carbocycles. The van der Waals surface area contributed by atoms with Gasteiger partial charge >= 0.3 is 5.69 Å². The molecule has 0 saturated carbocycles. The molecule has 1 aromatic heterocycles. The number of hydrogen-bond donors (Lipinski definition) is 2. The number of hydrogen-bond acceptors (Lipinski definition) is 5. The number of rotatable bonds is 5. The van der Waals surface area contributed by atoms with E-state index in [1.54, 1.807) is 11.7 Å². The summed E-state index contributed by atoms with van der Waals surface area (Å²) in [5, 5.41) is 22.7. The van der Waals surface area contributed by atoms with Crippen LogP contribution in [0.2, 0.25) is 0 Å². The molecule has 3 rings (SSSR count). The summed E-state index contributed by atoms with van der Waals surface area (Å²) in [5.41, 5.74) is 0.745. The van der Waals surface area contributed by atoms with E-state index < -0.39 is 0 Å². The molecule has 7 heteroatoms. The van der Waals surface area contributed by atoms with Crippen LogP contribution >= 0.6 is 0 Å². The van der Waals surface area contributed by atoms with E-state index in [1.807, 2.05) is 6.92 Å². The van der Waals surface area contributed by atoms with Gasteiger partial charge in [-0.25, -0.2) is 4.68 Å². The zero-order chi connectivity index (χ0) is 15.0. The second kappa shape index (κ2) is 5.63. The molecule has 1 aromatic rings. The van der Waals surface area contributed by atoms with Crippen molar-refractivity contribution in [3.8, 4) is 0 Å². The molecule has 0 aromatic carbocycles. The van der Waals surface area contributed by atoms with Gasteiger partial charge in [-0.3, -0.25) is 10.1 Å². The molecule has 2 aliphatic heterocycles. The summed E-state index contributed by atoms with van der Waals surface area (Å²) in [4.78, 5) is 11.1. The smallest absolute Gasteiger partial charge is 0.333 e. The minimum atomic E-state index is -0.296. The predicted octanol–water partition coefficient (Wildman–Crippen LogP) is 1.98. The SMILES string of the molecule is CCCc1nn(C)c(NC2CC3CCC(C2)N3)c1[N+](=O)[O-]. The molecule has 2 unspecified atom stereocenters. The normalized spacial score (nSPS) is 27.8. The molecule has 21 heavy (non-hydrogen) atoms. The third-order valence-electron chi connectivity index (χ3n) is 4.58. The molecule has 7 nitrogen and oxygen atoms in total. The van der Waals surface area contributed by atoms with Gasteiger partial charge in [-0.1, -0.05) is 13.3 Å². The number of fused-ring (bicyclic) bond motifs is 2. The zero-order valence-corrected chi connectivity index (χ0v) is 12.6. The van der Waals surface area contributed by atoms with E-state index in [1.165, 1.54) is 12.8 Å². The molecule has 2 aliphatic rings. The first-order valence-electron chi connectivity index (χ1n) is 7.81. The highest BCUT2D eigenvalue weighted by molar-refractivity contribution is 5.60. The molecular formula is C14H23N5O2. The summed E-state index contributed by atoms with van der Waals surface area (Å²) in [6.45, 7) is 2.01. The van der Waals surface area contributed by atoms with Gasteiger partial charge in [0.25, 0.3) is 0 Å². The van der Waals surface area contributed by atoms with Crippen LogP contribution in [0, 0.1) is 10.1 Å². The van der Waals surface area contributed by atoms with Crippen LogP contribution in [0.15, 0.2) is 0 Å². The van der Waals surface area contributed by atoms with Gasteiger partial charge in [-0.15, -0.1) is 0 Å². The molecule has 2 fully saturated rings. The number of aromatic nitrogens is 2. The lowest BCUT2D eigenvalue weighted by atomic mass is 10.00. The minimum absolute atomic E-state index is 0.158. The van der Waals surface area contributed by atoms with Crippen LogP contribution in [0.3, 0.4) is 0 Å². The van der Waals surface area contributed by atoms with Gasteiger partial charge < -0.3 is 10.6 Å². The van der Waals surface area contributed by atoms with Crippen molar-refractivity contribution in [1.82, 2.24) is 15.1 Å². The van der Waals surface area contributed by atoms with Crippen molar-refractivity contribution < 1.29 is 4.92 Å². The Balaban J connectivity index is 1.82. The maximum atomic E-state index is 11.4. The lowest BCUT2D eigenvalue weighted by molar-refractivity contribution is -0.384. The molecule has 0 radical (unpaired) electrons. The first-order chi connectivity index (χ1) is 10.1. The standard InChI is InChI=1S/C14H23N5O2/c1-3-4-12-13(19(20)21)14(18(2)17-12)16-11-7-9-5-6-10(8-11)15-9/h9-11,15-16H,3-8H2,1-2H3. The van der Waals surface area contributed by atoms with Crippen molar-refractivity contribution in [3.63, 3.8) is 0 Å². The Bertz CT molecular complexity index is 530. The van der Waals surface area contributed by atoms with Crippen molar-refractivity contribution >= 4 is 11.5 Å². The van der Waals surface area contributed by atoms with Crippen molar-refractivity contribution in [3.05, 3.63) is 15.8 Å². The van der Waals surface area contributed by atoms with Crippen LogP contribution in [0.1, 0.15) is 44.7 Å². The van der Waals surface area contributed by atoms with Crippen molar-refractivity contribution in [1.29, 1.82) is 0 Å². The summed E-state index contributed by atoms with van der Waals surface area (Å²) in [5.74, 6) is 0.565. The van der Waals surface area contributed by atoms with E-state index in [-0.39, 0.29) is 10.6 Å². The molecule has 0 amide bonds. The third-order valence-corrected chi connectivity index (χ3v) is 4.58. The number of piperidine rings is 1. The van der Waals surface area contributed by atoms with Crippen molar-refractivity contribution in [2.75, 3.05) is 5.32 Å². The van der Waals surface area contributed by atoms with Crippen LogP contribution in [0.25, 0.3) is 0 Å². The first kappa shape index (κ1) is 14.3. The second-order valence-corrected chi connectivity index (χ2v) is 6.23. The summed E-state index contributed by atoms with van der Waals surface area (Å²) >= 11 is 0. The number of nitrogens with one attached hydrogen (secondary N) is 2. The lowest BCUT2D eigenvalue weighted by Gasteiger charge is -2.30. The fourth-order valence-electron chi connectivity index (χ4n) is 3.70. The average molecular weight is 293 g/mol. The van der Waals surface area contributed by atoms with Crippen molar-refractivity contribution in [2.24, 2.45) is 7.05 Å². The van der Waals surface area contributed by atoms with Gasteiger partial charge in [0.15, 0.2) is 0 Å². The van der Waals surface area contributed by atoms with Gasteiger partial charge in [-0.05, 0) is 32.1 Å². The van der Waals surface area contributed by atoms with E-state index in [2.05, 4.69) is 15.7 Å². The van der Waals surface area contributed by atoms with Crippen LogP contribution in [-0.2, 0) is 13.5 Å². The second-order valence-electron chi connectivity index (χ2n) is 6.23. The Morgan fingerprint density at radius 1 is 1.43 bits per heavy atom. The Morgan fingerprint density at radius 2 is 2.10 bits per heavy atom. The van der Waals surface area contributed by atoms with Crippen LogP contribution in [-0.4, -0.2) is 32.8 Å². The molecular weight excluding hydrogens is 270 g/mol. The van der Waals surface area contributed by atoms with Gasteiger partial charge in [-0.2, -0.15) is 5.10 Å². The molecule has 3 heterocycles. The molecule has 2 atom stereocenters. The Hall–Kier alpha value is -1.63. The largest absolute Gasteiger partial charge is 0.362 e. The van der Waals surface area contributed by atoms with Gasteiger partial charge in [0.1, 0.15) is 5.69 Å². The Kier molecular flexibility index (Phi) is 3.84. The monoisotopic (exact) mass is 293 g/mol. The molecule has 2 N–H and O–H groups in total. The summed E-state index contributed by atoms with van der Waals surface area (Å²) in [6, 6.07) is 1.42. The van der Waals surface area contributed by atoms with Crippen LogP contribution < -0.4 is 10.6 Å². The van der Waals surface area contributed by atoms with E-state index >= 15 is 0 Å². The molecule has 2 bridgehead atoms. The quantitative estimate of drug-likeness (QED) is 0.640. The van der Waals surface area contributed by atoms with E-state index in [0.717, 1.165) is 19.3 Å². The fraction of sp³-hybridized carbons (Fsp3) is 0.786. The summed E-state index contributed by atoms with van der Waals surface area (Å²) in [7, 11) is 1.78. The van der Waals surface area contributed by atoms with Crippen molar-refractivity contribution in [2.45, 2.75) is 63.6 Å². The van der Waals surface area contributed by atoms with E-state index in [9.17, 15) is 10.1 Å². The highest BCUT2D eigenvalue weighted by atomic mass is 16.6. The first-order valence-corrected chi connectivity index (χ1v) is 7.81. The van der Waals surface area contributed by atoms with Crippen LogP contribution in [0.5, 0.6) is 0 Å². The van der Waals surface area contributed by atoms with Gasteiger partial charge in [0.05, 0.1) is 4.92 Å². The highest BCUT2D eigenvalue weighted by Crippen LogP contribution is 2.33. The highest BCUT2D eigenvalue weighted by Gasteiger charge is 2.35. The fourth-order valence-corrected chi connectivity index (χ4v) is 3.70.